The minimum Gasteiger partial charge on any atom is -0.422 e. The smallest absolute Gasteiger partial charge is 0.325 e. The van der Waals surface area contributed by atoms with E-state index in [1.807, 2.05) is 12.1 Å². The maximum atomic E-state index is 14.4. The van der Waals surface area contributed by atoms with Crippen molar-refractivity contribution in [2.24, 2.45) is 0 Å². The van der Waals surface area contributed by atoms with Gasteiger partial charge in [0.05, 0.1) is 5.69 Å². The van der Waals surface area contributed by atoms with Gasteiger partial charge in [0.25, 0.3) is 0 Å². The number of halogens is 2. The predicted octanol–water partition coefficient (Wildman–Crippen LogP) is 4.07. The van der Waals surface area contributed by atoms with Crippen LogP contribution in [0.25, 0.3) is 17.1 Å². The van der Waals surface area contributed by atoms with Gasteiger partial charge in [-0.2, -0.15) is 14.8 Å². The zero-order valence-electron chi connectivity index (χ0n) is 14.7. The van der Waals surface area contributed by atoms with E-state index in [1.165, 1.54) is 22.9 Å². The molecule has 0 bridgehead atoms. The van der Waals surface area contributed by atoms with Crippen molar-refractivity contribution in [3.63, 3.8) is 0 Å². The molecule has 4 aromatic rings. The molecule has 1 aliphatic heterocycles. The predicted molar refractivity (Wildman–Crippen MR) is 97.3 cm³/mol. The molecule has 2 aromatic heterocycles. The summed E-state index contributed by atoms with van der Waals surface area (Å²) in [6.45, 7) is 1.72. The van der Waals surface area contributed by atoms with Crippen molar-refractivity contribution in [3.05, 3.63) is 70.9 Å². The number of nitrogens with zero attached hydrogens (tertiary/aromatic N) is 3. The molecule has 1 N–H and O–H groups in total. The molecule has 0 saturated heterocycles. The number of hydrogen-bond acceptors (Lipinski definition) is 4. The van der Waals surface area contributed by atoms with Gasteiger partial charge in [0.15, 0.2) is 5.58 Å². The highest BCUT2D eigenvalue weighted by Gasteiger charge is 2.36. The number of para-hydroxylation sites is 2. The molecule has 140 valence electrons. The van der Waals surface area contributed by atoms with Crippen LogP contribution in [-0.2, 0) is 4.79 Å². The summed E-state index contributed by atoms with van der Waals surface area (Å²) in [7, 11) is 0. The van der Waals surface area contributed by atoms with E-state index in [2.05, 4.69) is 15.4 Å². The number of aryl methyl sites for hydroxylation is 1. The van der Waals surface area contributed by atoms with Gasteiger partial charge < -0.3 is 9.73 Å². The number of carbonyl (C=O) groups excluding carboxylic acids is 1. The fourth-order valence-corrected chi connectivity index (χ4v) is 3.73. The summed E-state index contributed by atoms with van der Waals surface area (Å²) < 4.78 is 36.0. The molecule has 5 rings (SSSR count). The Kier molecular flexibility index (Phi) is 3.55. The van der Waals surface area contributed by atoms with Crippen molar-refractivity contribution >= 4 is 22.8 Å². The molecule has 0 saturated carbocycles. The number of benzene rings is 2. The Morgan fingerprint density at radius 1 is 1.11 bits per heavy atom. The van der Waals surface area contributed by atoms with Gasteiger partial charge in [-0.3, -0.25) is 4.79 Å². The first-order chi connectivity index (χ1) is 13.5. The number of hydrogen-bond donors (Lipinski definition) is 1. The lowest BCUT2D eigenvalue weighted by Crippen LogP contribution is -2.26. The Labute approximate surface area is 157 Å². The van der Waals surface area contributed by atoms with Crippen LogP contribution >= 0.6 is 0 Å². The summed E-state index contributed by atoms with van der Waals surface area (Å²) in [4.78, 5) is 16.7. The summed E-state index contributed by atoms with van der Waals surface area (Å²) in [6.07, 6.45) is -0.0784. The topological polar surface area (TPSA) is 73.0 Å². The second-order valence-corrected chi connectivity index (χ2v) is 6.66. The monoisotopic (exact) mass is 380 g/mol. The van der Waals surface area contributed by atoms with Crippen molar-refractivity contribution in [1.82, 2.24) is 14.8 Å². The van der Waals surface area contributed by atoms with Crippen LogP contribution in [0.3, 0.4) is 0 Å². The number of carbonyl (C=O) groups is 1. The average molecular weight is 380 g/mol. The minimum atomic E-state index is -0.789. The molecule has 2 aromatic carbocycles. The molecule has 8 heteroatoms. The number of amides is 1. The van der Waals surface area contributed by atoms with Crippen LogP contribution in [0.15, 0.2) is 46.9 Å². The second kappa shape index (κ2) is 5.98. The summed E-state index contributed by atoms with van der Waals surface area (Å²) in [5.41, 5.74) is 2.14. The Balaban J connectivity index is 1.72. The Morgan fingerprint density at radius 2 is 1.86 bits per heavy atom. The van der Waals surface area contributed by atoms with Crippen molar-refractivity contribution in [2.45, 2.75) is 19.3 Å². The molecule has 1 unspecified atom stereocenters. The third-order valence-corrected chi connectivity index (χ3v) is 4.91. The molecule has 1 aliphatic rings. The molecule has 0 aliphatic carbocycles. The summed E-state index contributed by atoms with van der Waals surface area (Å²) in [6, 6.07) is 11.0. The lowest BCUT2D eigenvalue weighted by Gasteiger charge is -2.24. The molecule has 1 amide bonds. The zero-order valence-corrected chi connectivity index (χ0v) is 14.7. The lowest BCUT2D eigenvalue weighted by atomic mass is 9.85. The van der Waals surface area contributed by atoms with Gasteiger partial charge in [0.1, 0.15) is 23.0 Å². The Hall–Kier alpha value is -3.55. The molecule has 28 heavy (non-hydrogen) atoms. The summed E-state index contributed by atoms with van der Waals surface area (Å²) in [5, 5.41) is 7.18. The minimum absolute atomic E-state index is 0.0784. The normalized spacial score (nSPS) is 16.2. The van der Waals surface area contributed by atoms with E-state index >= 15 is 0 Å². The van der Waals surface area contributed by atoms with E-state index in [0.29, 0.717) is 28.2 Å². The number of nitrogens with one attached hydrogen (secondary N) is 1. The third-order valence-electron chi connectivity index (χ3n) is 4.91. The lowest BCUT2D eigenvalue weighted by molar-refractivity contribution is -0.116. The van der Waals surface area contributed by atoms with E-state index < -0.39 is 17.6 Å². The van der Waals surface area contributed by atoms with E-state index in [-0.39, 0.29) is 23.9 Å². The maximum Gasteiger partial charge on any atom is 0.325 e. The highest BCUT2D eigenvalue weighted by atomic mass is 19.1. The van der Waals surface area contributed by atoms with Gasteiger partial charge in [-0.15, -0.1) is 0 Å². The Bertz CT molecular complexity index is 1190. The van der Waals surface area contributed by atoms with Crippen LogP contribution in [-0.4, -0.2) is 20.7 Å². The highest BCUT2D eigenvalue weighted by Crippen LogP contribution is 2.41. The maximum absolute atomic E-state index is 14.4. The van der Waals surface area contributed by atoms with Gasteiger partial charge in [-0.1, -0.05) is 18.2 Å². The quantitative estimate of drug-likeness (QED) is 0.569. The van der Waals surface area contributed by atoms with Gasteiger partial charge in [0.2, 0.25) is 5.91 Å². The SMILES string of the molecule is Cc1nn(-c2nc3ccccc3o2)c2c1C(c1c(F)cccc1F)CC(=O)N2. The van der Waals surface area contributed by atoms with Crippen molar-refractivity contribution < 1.29 is 18.0 Å². The largest absolute Gasteiger partial charge is 0.422 e. The first kappa shape index (κ1) is 16.6. The molecule has 1 atom stereocenters. The van der Waals surface area contributed by atoms with Crippen molar-refractivity contribution in [2.75, 3.05) is 5.32 Å². The summed E-state index contributed by atoms with van der Waals surface area (Å²) >= 11 is 0. The van der Waals surface area contributed by atoms with Crippen molar-refractivity contribution in [3.8, 4) is 6.01 Å². The first-order valence-electron chi connectivity index (χ1n) is 8.72. The molecule has 0 radical (unpaired) electrons. The van der Waals surface area contributed by atoms with Crippen LogP contribution in [0.5, 0.6) is 0 Å². The standard InChI is InChI=1S/C20H14F2N4O2/c1-10-17-11(18-12(21)5-4-6-13(18)22)9-16(27)24-19(17)26(25-10)20-23-14-7-2-3-8-15(14)28-20/h2-8,11H,9H2,1H3,(H,24,27). The van der Waals surface area contributed by atoms with Gasteiger partial charge in [-0.25, -0.2) is 8.78 Å². The fraction of sp³-hybridized carbons (Fsp3) is 0.150. The van der Waals surface area contributed by atoms with E-state index in [9.17, 15) is 13.6 Å². The highest BCUT2D eigenvalue weighted by molar-refractivity contribution is 5.95. The fourth-order valence-electron chi connectivity index (χ4n) is 3.73. The molecule has 0 fully saturated rings. The number of anilines is 1. The van der Waals surface area contributed by atoms with Gasteiger partial charge in [-0.05, 0) is 31.2 Å². The van der Waals surface area contributed by atoms with E-state index in [0.717, 1.165) is 0 Å². The van der Waals surface area contributed by atoms with Crippen molar-refractivity contribution in [1.29, 1.82) is 0 Å². The van der Waals surface area contributed by atoms with Crippen LogP contribution in [0.1, 0.15) is 29.2 Å². The molecule has 6 nitrogen and oxygen atoms in total. The molecular weight excluding hydrogens is 366 g/mol. The summed E-state index contributed by atoms with van der Waals surface area (Å²) in [5.74, 6) is -2.23. The van der Waals surface area contributed by atoms with E-state index in [1.54, 1.807) is 19.1 Å². The van der Waals surface area contributed by atoms with Crippen LogP contribution < -0.4 is 5.32 Å². The average Bonchev–Trinajstić information content (AvgIpc) is 3.22. The van der Waals surface area contributed by atoms with Gasteiger partial charge in [0, 0.05) is 23.5 Å². The zero-order chi connectivity index (χ0) is 19.4. The van der Waals surface area contributed by atoms with Crippen LogP contribution in [0.2, 0.25) is 0 Å². The van der Waals surface area contributed by atoms with Crippen LogP contribution in [0, 0.1) is 18.6 Å². The third kappa shape index (κ3) is 2.41. The van der Waals surface area contributed by atoms with Gasteiger partial charge >= 0.3 is 6.01 Å². The molecule has 0 spiro atoms. The first-order valence-corrected chi connectivity index (χ1v) is 8.72. The van der Waals surface area contributed by atoms with Crippen LogP contribution in [0.4, 0.5) is 14.6 Å². The Morgan fingerprint density at radius 3 is 2.61 bits per heavy atom. The molecule has 3 heterocycles. The second-order valence-electron chi connectivity index (χ2n) is 6.66. The number of rotatable bonds is 2. The number of fused-ring (bicyclic) bond motifs is 2. The number of oxazole rings is 1. The van der Waals surface area contributed by atoms with E-state index in [4.69, 9.17) is 4.42 Å². The number of aromatic nitrogens is 3. The molecular formula is C20H14F2N4O2.